The van der Waals surface area contributed by atoms with Crippen molar-refractivity contribution in [2.45, 2.75) is 13.0 Å². The van der Waals surface area contributed by atoms with Gasteiger partial charge >= 0.3 is 5.97 Å². The number of carbonyl (C=O) groups excluding carboxylic acids is 1. The van der Waals surface area contributed by atoms with Crippen molar-refractivity contribution in [3.8, 4) is 11.3 Å². The Morgan fingerprint density at radius 3 is 2.59 bits per heavy atom. The summed E-state index contributed by atoms with van der Waals surface area (Å²) < 4.78 is 4.92. The van der Waals surface area contributed by atoms with Crippen LogP contribution in [-0.4, -0.2) is 35.3 Å². The Balaban J connectivity index is 1.53. The molecule has 0 atom stereocenters. The van der Waals surface area contributed by atoms with Crippen LogP contribution >= 0.6 is 11.6 Å². The zero-order valence-corrected chi connectivity index (χ0v) is 18.6. The largest absolute Gasteiger partial charge is 0.465 e. The van der Waals surface area contributed by atoms with E-state index in [0.717, 1.165) is 33.8 Å². The van der Waals surface area contributed by atoms with Crippen LogP contribution in [-0.2, 0) is 17.7 Å². The molecule has 0 saturated heterocycles. The first-order chi connectivity index (χ1) is 15.6. The van der Waals surface area contributed by atoms with Crippen molar-refractivity contribution in [2.24, 2.45) is 0 Å². The third kappa shape index (κ3) is 4.65. The summed E-state index contributed by atoms with van der Waals surface area (Å²) >= 11 is 6.26. The molecule has 0 aliphatic heterocycles. The minimum atomic E-state index is -0.341. The molecule has 2 heterocycles. The SMILES string of the molecule is COC(=O)c1ccccc1Cc1c[nH]nc1-c1ccc(CN(C)c2ncccc2Cl)cc1. The van der Waals surface area contributed by atoms with E-state index in [1.165, 1.54) is 7.11 Å². The standard InChI is InChI=1S/C25H23ClN4O2/c1-30(24-22(26)8-5-13-27-24)16-17-9-11-18(12-10-17)23-20(15-28-29-23)14-19-6-3-4-7-21(19)25(31)32-2/h3-13,15H,14,16H2,1-2H3,(H,28,29). The highest BCUT2D eigenvalue weighted by atomic mass is 35.5. The van der Waals surface area contributed by atoms with E-state index in [0.29, 0.717) is 23.6 Å². The van der Waals surface area contributed by atoms with E-state index in [1.54, 1.807) is 12.3 Å². The van der Waals surface area contributed by atoms with Gasteiger partial charge in [-0.3, -0.25) is 5.10 Å². The van der Waals surface area contributed by atoms with Crippen molar-refractivity contribution in [3.63, 3.8) is 0 Å². The Kier molecular flexibility index (Phi) is 6.52. The molecule has 0 spiro atoms. The molecule has 32 heavy (non-hydrogen) atoms. The van der Waals surface area contributed by atoms with Crippen molar-refractivity contribution in [3.05, 3.63) is 100 Å². The molecule has 162 valence electrons. The van der Waals surface area contributed by atoms with Gasteiger partial charge in [0.2, 0.25) is 0 Å². The summed E-state index contributed by atoms with van der Waals surface area (Å²) in [7, 11) is 3.36. The summed E-state index contributed by atoms with van der Waals surface area (Å²) in [4.78, 5) is 18.5. The fraction of sp³-hybridized carbons (Fsp3) is 0.160. The number of esters is 1. The van der Waals surface area contributed by atoms with Gasteiger partial charge in [0.05, 0.1) is 23.4 Å². The third-order valence-electron chi connectivity index (χ3n) is 5.27. The van der Waals surface area contributed by atoms with Crippen LogP contribution in [0.1, 0.15) is 27.0 Å². The van der Waals surface area contributed by atoms with Gasteiger partial charge in [-0.1, -0.05) is 54.1 Å². The van der Waals surface area contributed by atoms with Gasteiger partial charge in [-0.05, 0) is 29.3 Å². The van der Waals surface area contributed by atoms with Crippen molar-refractivity contribution in [1.29, 1.82) is 0 Å². The van der Waals surface area contributed by atoms with E-state index in [4.69, 9.17) is 16.3 Å². The summed E-state index contributed by atoms with van der Waals surface area (Å²) in [6.07, 6.45) is 4.17. The zero-order chi connectivity index (χ0) is 22.5. The van der Waals surface area contributed by atoms with Gasteiger partial charge in [0.15, 0.2) is 0 Å². The van der Waals surface area contributed by atoms with E-state index >= 15 is 0 Å². The van der Waals surface area contributed by atoms with Crippen LogP contribution in [0.3, 0.4) is 0 Å². The number of hydrogen-bond donors (Lipinski definition) is 1. The van der Waals surface area contributed by atoms with Gasteiger partial charge in [-0.2, -0.15) is 5.10 Å². The molecule has 7 heteroatoms. The van der Waals surface area contributed by atoms with Crippen LogP contribution < -0.4 is 4.90 Å². The second-order valence-electron chi connectivity index (χ2n) is 7.45. The lowest BCUT2D eigenvalue weighted by Crippen LogP contribution is -2.17. The Hall–Kier alpha value is -3.64. The molecule has 0 bridgehead atoms. The molecule has 0 aliphatic rings. The van der Waals surface area contributed by atoms with Gasteiger partial charge in [0.25, 0.3) is 0 Å². The molecule has 0 saturated carbocycles. The van der Waals surface area contributed by atoms with Gasteiger partial charge < -0.3 is 9.64 Å². The fourth-order valence-corrected chi connectivity index (χ4v) is 3.93. The Bertz CT molecular complexity index is 1220. The number of carbonyl (C=O) groups is 1. The minimum absolute atomic E-state index is 0.341. The summed E-state index contributed by atoms with van der Waals surface area (Å²) in [6, 6.07) is 19.4. The quantitative estimate of drug-likeness (QED) is 0.398. The predicted molar refractivity (Wildman–Crippen MR) is 126 cm³/mol. The van der Waals surface area contributed by atoms with Crippen molar-refractivity contribution in [2.75, 3.05) is 19.1 Å². The van der Waals surface area contributed by atoms with Gasteiger partial charge in [-0.25, -0.2) is 9.78 Å². The summed E-state index contributed by atoms with van der Waals surface area (Å²) in [6.45, 7) is 0.678. The molecular weight excluding hydrogens is 424 g/mol. The molecule has 0 fully saturated rings. The number of aromatic amines is 1. The first-order valence-corrected chi connectivity index (χ1v) is 10.5. The molecule has 0 unspecified atom stereocenters. The number of nitrogens with one attached hydrogen (secondary N) is 1. The molecule has 0 amide bonds. The lowest BCUT2D eigenvalue weighted by Gasteiger charge is -2.19. The van der Waals surface area contributed by atoms with Gasteiger partial charge in [0.1, 0.15) is 5.82 Å². The van der Waals surface area contributed by atoms with Crippen molar-refractivity contribution in [1.82, 2.24) is 15.2 Å². The molecule has 4 rings (SSSR count). The Morgan fingerprint density at radius 2 is 1.84 bits per heavy atom. The number of hydrogen-bond acceptors (Lipinski definition) is 5. The topological polar surface area (TPSA) is 71.1 Å². The van der Waals surface area contributed by atoms with E-state index < -0.39 is 0 Å². The van der Waals surface area contributed by atoms with Crippen LogP contribution in [0.25, 0.3) is 11.3 Å². The number of aromatic nitrogens is 3. The number of halogens is 1. The molecule has 0 aliphatic carbocycles. The molecule has 1 N–H and O–H groups in total. The van der Waals surface area contributed by atoms with Crippen LogP contribution in [0.5, 0.6) is 0 Å². The van der Waals surface area contributed by atoms with E-state index in [9.17, 15) is 4.79 Å². The average Bonchev–Trinajstić information content (AvgIpc) is 3.28. The van der Waals surface area contributed by atoms with Crippen molar-refractivity contribution < 1.29 is 9.53 Å². The number of H-pyrrole nitrogens is 1. The summed E-state index contributed by atoms with van der Waals surface area (Å²) in [5.41, 5.74) is 5.45. The normalized spacial score (nSPS) is 10.7. The molecule has 2 aromatic carbocycles. The van der Waals surface area contributed by atoms with E-state index in [-0.39, 0.29) is 5.97 Å². The molecular formula is C25H23ClN4O2. The van der Waals surface area contributed by atoms with Crippen LogP contribution in [0.4, 0.5) is 5.82 Å². The number of rotatable bonds is 7. The number of pyridine rings is 1. The first kappa shape index (κ1) is 21.6. The maximum absolute atomic E-state index is 12.1. The number of nitrogens with zero attached hydrogens (tertiary/aromatic N) is 3. The maximum Gasteiger partial charge on any atom is 0.338 e. The third-order valence-corrected chi connectivity index (χ3v) is 5.57. The average molecular weight is 447 g/mol. The molecule has 0 radical (unpaired) electrons. The van der Waals surface area contributed by atoms with Crippen LogP contribution in [0.2, 0.25) is 5.02 Å². The Labute approximate surface area is 191 Å². The highest BCUT2D eigenvalue weighted by Crippen LogP contribution is 2.27. The highest BCUT2D eigenvalue weighted by molar-refractivity contribution is 6.32. The highest BCUT2D eigenvalue weighted by Gasteiger charge is 2.15. The molecule has 4 aromatic rings. The van der Waals surface area contributed by atoms with Crippen LogP contribution in [0.15, 0.2) is 73.1 Å². The second-order valence-corrected chi connectivity index (χ2v) is 7.85. The van der Waals surface area contributed by atoms with Crippen LogP contribution in [0, 0.1) is 0 Å². The summed E-state index contributed by atoms with van der Waals surface area (Å²) in [5.74, 6) is 0.407. The monoisotopic (exact) mass is 446 g/mol. The van der Waals surface area contributed by atoms with Gasteiger partial charge in [0, 0.05) is 43.5 Å². The van der Waals surface area contributed by atoms with E-state index in [1.807, 2.05) is 48.5 Å². The fourth-order valence-electron chi connectivity index (χ4n) is 3.66. The number of ether oxygens (including phenoxy) is 1. The maximum atomic E-state index is 12.1. The number of benzene rings is 2. The Morgan fingerprint density at radius 1 is 1.06 bits per heavy atom. The zero-order valence-electron chi connectivity index (χ0n) is 17.9. The predicted octanol–water partition coefficient (Wildman–Crippen LogP) is 5.14. The first-order valence-electron chi connectivity index (χ1n) is 10.2. The number of methoxy groups -OCH3 is 1. The molecule has 6 nitrogen and oxygen atoms in total. The van der Waals surface area contributed by atoms with E-state index in [2.05, 4.69) is 39.4 Å². The number of anilines is 1. The minimum Gasteiger partial charge on any atom is -0.465 e. The summed E-state index contributed by atoms with van der Waals surface area (Å²) in [5, 5.41) is 8.03. The second kappa shape index (κ2) is 9.66. The van der Waals surface area contributed by atoms with Gasteiger partial charge in [-0.15, -0.1) is 0 Å². The molecule has 2 aromatic heterocycles. The van der Waals surface area contributed by atoms with Crippen molar-refractivity contribution >= 4 is 23.4 Å². The smallest absolute Gasteiger partial charge is 0.338 e. The lowest BCUT2D eigenvalue weighted by atomic mass is 9.97. The lowest BCUT2D eigenvalue weighted by molar-refractivity contribution is 0.0599.